The molecule has 0 saturated carbocycles. The number of hydrogen-bond donors (Lipinski definition) is 6. The fraction of sp³-hybridized carbons (Fsp3) is 0.912. The van der Waals surface area contributed by atoms with Gasteiger partial charge in [0.1, 0.15) is 24.4 Å². The minimum absolute atomic E-state index is 0.185. The number of carbonyl (C=O) groups is 1. The highest BCUT2D eigenvalue weighted by Gasteiger charge is 2.44. The molecule has 6 N–H and O–H groups in total. The number of carbonyl (C=O) groups excluding carboxylic acids is 1. The van der Waals surface area contributed by atoms with Crippen molar-refractivity contribution in [3.63, 3.8) is 0 Å². The smallest absolute Gasteiger partial charge is 0.220 e. The fourth-order valence-corrected chi connectivity index (χ4v) is 5.45. The highest BCUT2D eigenvalue weighted by Crippen LogP contribution is 2.22. The average molecular weight is 616 g/mol. The molecule has 254 valence electrons. The van der Waals surface area contributed by atoms with Crippen molar-refractivity contribution in [2.75, 3.05) is 13.2 Å². The lowest BCUT2D eigenvalue weighted by molar-refractivity contribution is -0.302. The van der Waals surface area contributed by atoms with Crippen LogP contribution in [0.1, 0.15) is 142 Å². The molecule has 0 aliphatic carbocycles. The average Bonchev–Trinajstić information content (AvgIpc) is 3.00. The molecule has 0 bridgehead atoms. The Morgan fingerprint density at radius 3 is 1.81 bits per heavy atom. The standard InChI is InChI=1S/C34H65NO8/c1-3-5-7-9-11-12-13-14-15-16-18-19-21-23-28(37)27(35-30(38)24-22-20-17-10-8-6-4-2)26-42-34-33(41)32(40)31(39)29(25-36)43-34/h21,23,27-29,31-34,36-37,39-41H,3-20,22,24-26H2,1-2H3,(H,35,38)/b23-21+. The zero-order chi connectivity index (χ0) is 31.7. The van der Waals surface area contributed by atoms with Crippen LogP contribution in [-0.2, 0) is 14.3 Å². The topological polar surface area (TPSA) is 149 Å². The molecule has 1 aliphatic heterocycles. The predicted molar refractivity (Wildman–Crippen MR) is 170 cm³/mol. The Morgan fingerprint density at radius 1 is 0.767 bits per heavy atom. The highest BCUT2D eigenvalue weighted by molar-refractivity contribution is 5.76. The van der Waals surface area contributed by atoms with Crippen LogP contribution in [-0.4, -0.2) is 87.5 Å². The van der Waals surface area contributed by atoms with Crippen molar-refractivity contribution < 1.29 is 39.8 Å². The molecule has 0 aromatic rings. The van der Waals surface area contributed by atoms with E-state index in [0.717, 1.165) is 38.5 Å². The van der Waals surface area contributed by atoms with Crippen molar-refractivity contribution in [1.82, 2.24) is 5.32 Å². The van der Waals surface area contributed by atoms with Gasteiger partial charge >= 0.3 is 0 Å². The van der Waals surface area contributed by atoms with Crippen LogP contribution in [0.3, 0.4) is 0 Å². The summed E-state index contributed by atoms with van der Waals surface area (Å²) < 4.78 is 11.1. The second-order valence-electron chi connectivity index (χ2n) is 12.3. The number of hydrogen-bond acceptors (Lipinski definition) is 8. The Labute approximate surface area is 261 Å². The lowest BCUT2D eigenvalue weighted by Gasteiger charge is -2.40. The van der Waals surface area contributed by atoms with Gasteiger partial charge in [-0.05, 0) is 19.3 Å². The van der Waals surface area contributed by atoms with E-state index in [1.54, 1.807) is 6.08 Å². The van der Waals surface area contributed by atoms with Crippen LogP contribution in [0, 0.1) is 0 Å². The second kappa shape index (κ2) is 26.2. The molecule has 0 aromatic heterocycles. The lowest BCUT2D eigenvalue weighted by atomic mass is 9.99. The van der Waals surface area contributed by atoms with Crippen molar-refractivity contribution in [2.45, 2.75) is 185 Å². The first-order valence-electron chi connectivity index (χ1n) is 17.4. The van der Waals surface area contributed by atoms with Crippen molar-refractivity contribution >= 4 is 5.91 Å². The summed E-state index contributed by atoms with van der Waals surface area (Å²) >= 11 is 0. The third kappa shape index (κ3) is 18.5. The molecule has 9 nitrogen and oxygen atoms in total. The van der Waals surface area contributed by atoms with E-state index in [2.05, 4.69) is 19.2 Å². The molecular formula is C34H65NO8. The zero-order valence-corrected chi connectivity index (χ0v) is 27.2. The van der Waals surface area contributed by atoms with Gasteiger partial charge in [0, 0.05) is 6.42 Å². The van der Waals surface area contributed by atoms with E-state index in [-0.39, 0.29) is 12.5 Å². The van der Waals surface area contributed by atoms with E-state index in [0.29, 0.717) is 6.42 Å². The monoisotopic (exact) mass is 615 g/mol. The summed E-state index contributed by atoms with van der Waals surface area (Å²) in [5.74, 6) is -0.186. The van der Waals surface area contributed by atoms with Crippen molar-refractivity contribution in [1.29, 1.82) is 0 Å². The first kappa shape index (κ1) is 40.0. The normalized spacial score (nSPS) is 23.9. The van der Waals surface area contributed by atoms with Gasteiger partial charge in [-0.1, -0.05) is 129 Å². The molecular weight excluding hydrogens is 550 g/mol. The molecule has 43 heavy (non-hydrogen) atoms. The number of amides is 1. The van der Waals surface area contributed by atoms with Gasteiger partial charge in [0.25, 0.3) is 0 Å². The molecule has 1 fully saturated rings. The number of unbranched alkanes of at least 4 members (excludes halogenated alkanes) is 17. The van der Waals surface area contributed by atoms with Gasteiger partial charge in [0.05, 0.1) is 25.4 Å². The fourth-order valence-electron chi connectivity index (χ4n) is 5.45. The minimum atomic E-state index is -1.56. The van der Waals surface area contributed by atoms with Gasteiger partial charge < -0.3 is 40.3 Å². The molecule has 7 unspecified atom stereocenters. The highest BCUT2D eigenvalue weighted by atomic mass is 16.7. The first-order valence-corrected chi connectivity index (χ1v) is 17.4. The van der Waals surface area contributed by atoms with Crippen molar-refractivity contribution in [3.05, 3.63) is 12.2 Å². The van der Waals surface area contributed by atoms with E-state index in [4.69, 9.17) is 9.47 Å². The minimum Gasteiger partial charge on any atom is -0.394 e. The summed E-state index contributed by atoms with van der Waals surface area (Å²) in [6.07, 6.45) is 18.4. The first-order chi connectivity index (χ1) is 20.8. The third-order valence-corrected chi connectivity index (χ3v) is 8.36. The number of allylic oxidation sites excluding steroid dienone is 1. The Morgan fingerprint density at radius 2 is 1.28 bits per heavy atom. The third-order valence-electron chi connectivity index (χ3n) is 8.36. The van der Waals surface area contributed by atoms with Gasteiger partial charge in [0.2, 0.25) is 5.91 Å². The quantitative estimate of drug-likeness (QED) is 0.0556. The van der Waals surface area contributed by atoms with Gasteiger partial charge in [-0.25, -0.2) is 0 Å². The van der Waals surface area contributed by atoms with Crippen LogP contribution in [0.2, 0.25) is 0 Å². The molecule has 1 aliphatic rings. The molecule has 1 saturated heterocycles. The van der Waals surface area contributed by atoms with E-state index < -0.39 is 49.5 Å². The van der Waals surface area contributed by atoms with Crippen molar-refractivity contribution in [3.8, 4) is 0 Å². The maximum Gasteiger partial charge on any atom is 0.220 e. The number of rotatable bonds is 27. The van der Waals surface area contributed by atoms with Gasteiger partial charge in [-0.15, -0.1) is 0 Å². The summed E-state index contributed by atoms with van der Waals surface area (Å²) in [5, 5.41) is 53.6. The summed E-state index contributed by atoms with van der Waals surface area (Å²) in [5.41, 5.74) is 0. The molecule has 0 radical (unpaired) electrons. The number of nitrogens with one attached hydrogen (secondary N) is 1. The van der Waals surface area contributed by atoms with Gasteiger partial charge in [-0.2, -0.15) is 0 Å². The molecule has 1 amide bonds. The SMILES string of the molecule is CCCCCCCCCCCCC/C=C/C(O)C(COC1OC(CO)C(O)C(O)C1O)NC(=O)CCCCCCCCC. The molecule has 1 rings (SSSR count). The van der Waals surface area contributed by atoms with E-state index >= 15 is 0 Å². The van der Waals surface area contributed by atoms with Gasteiger partial charge in [-0.3, -0.25) is 4.79 Å². The number of aliphatic hydroxyl groups is 5. The molecule has 7 atom stereocenters. The van der Waals surface area contributed by atoms with E-state index in [1.807, 2.05) is 6.08 Å². The number of ether oxygens (including phenoxy) is 2. The zero-order valence-electron chi connectivity index (χ0n) is 27.2. The molecule has 1 heterocycles. The lowest BCUT2D eigenvalue weighted by Crippen LogP contribution is -2.60. The predicted octanol–water partition coefficient (Wildman–Crippen LogP) is 5.05. The van der Waals surface area contributed by atoms with Crippen LogP contribution in [0.15, 0.2) is 12.2 Å². The summed E-state index contributed by atoms with van der Waals surface area (Å²) in [4.78, 5) is 12.7. The summed E-state index contributed by atoms with van der Waals surface area (Å²) in [6, 6.07) is -0.794. The summed E-state index contributed by atoms with van der Waals surface area (Å²) in [6.45, 7) is 3.68. The largest absolute Gasteiger partial charge is 0.394 e. The molecule has 9 heteroatoms. The maximum atomic E-state index is 12.7. The van der Waals surface area contributed by atoms with Crippen LogP contribution < -0.4 is 5.32 Å². The van der Waals surface area contributed by atoms with Crippen LogP contribution in [0.25, 0.3) is 0 Å². The number of aliphatic hydroxyl groups excluding tert-OH is 5. The molecule has 0 aromatic carbocycles. The van der Waals surface area contributed by atoms with Crippen LogP contribution in [0.5, 0.6) is 0 Å². The summed E-state index contributed by atoms with van der Waals surface area (Å²) in [7, 11) is 0. The molecule has 0 spiro atoms. The van der Waals surface area contributed by atoms with E-state index in [1.165, 1.54) is 83.5 Å². The van der Waals surface area contributed by atoms with E-state index in [9.17, 15) is 30.3 Å². The Kier molecular flexibility index (Phi) is 24.3. The second-order valence-corrected chi connectivity index (χ2v) is 12.3. The van der Waals surface area contributed by atoms with Crippen LogP contribution >= 0.6 is 0 Å². The van der Waals surface area contributed by atoms with Gasteiger partial charge in [0.15, 0.2) is 6.29 Å². The Balaban J connectivity index is 2.50. The maximum absolute atomic E-state index is 12.7. The van der Waals surface area contributed by atoms with Crippen LogP contribution in [0.4, 0.5) is 0 Å². The Bertz CT molecular complexity index is 691. The van der Waals surface area contributed by atoms with Crippen molar-refractivity contribution in [2.24, 2.45) is 0 Å². The Hall–Kier alpha value is -1.07.